The second-order valence-electron chi connectivity index (χ2n) is 6.48. The molecule has 1 saturated carbocycles. The molecule has 0 aliphatic heterocycles. The second kappa shape index (κ2) is 7.43. The summed E-state index contributed by atoms with van der Waals surface area (Å²) in [6.45, 7) is 4.03. The molecule has 1 aromatic heterocycles. The summed E-state index contributed by atoms with van der Waals surface area (Å²) < 4.78 is 0. The zero-order valence-corrected chi connectivity index (χ0v) is 14.3. The Balaban J connectivity index is 1.64. The zero-order chi connectivity index (χ0) is 16.9. The standard InChI is InChI=1S/C19H24N4O/c1-13-7-6-10-17(14(13)2)23-18(24)15-11-20-19(21-12-15)22-16-8-4-3-5-9-16/h6-7,10-12,16H,3-5,8-9H2,1-2H3,(H,23,24)(H,20,21,22). The summed E-state index contributed by atoms with van der Waals surface area (Å²) in [6.07, 6.45) is 9.33. The first-order valence-corrected chi connectivity index (χ1v) is 8.59. The third-order valence-electron chi connectivity index (χ3n) is 4.71. The highest BCUT2D eigenvalue weighted by Crippen LogP contribution is 2.21. The van der Waals surface area contributed by atoms with E-state index in [-0.39, 0.29) is 5.91 Å². The van der Waals surface area contributed by atoms with E-state index >= 15 is 0 Å². The first-order chi connectivity index (χ1) is 11.6. The predicted octanol–water partition coefficient (Wildman–Crippen LogP) is 4.09. The van der Waals surface area contributed by atoms with Gasteiger partial charge in [0.25, 0.3) is 5.91 Å². The summed E-state index contributed by atoms with van der Waals surface area (Å²) in [4.78, 5) is 21.0. The summed E-state index contributed by atoms with van der Waals surface area (Å²) >= 11 is 0. The molecule has 2 N–H and O–H groups in total. The van der Waals surface area contributed by atoms with Gasteiger partial charge in [-0.2, -0.15) is 0 Å². The first-order valence-electron chi connectivity index (χ1n) is 8.59. The van der Waals surface area contributed by atoms with E-state index < -0.39 is 0 Å². The van der Waals surface area contributed by atoms with Crippen molar-refractivity contribution in [3.8, 4) is 0 Å². The van der Waals surface area contributed by atoms with Crippen LogP contribution in [-0.2, 0) is 0 Å². The number of nitrogens with zero attached hydrogens (tertiary/aromatic N) is 2. The second-order valence-corrected chi connectivity index (χ2v) is 6.48. The maximum absolute atomic E-state index is 12.4. The highest BCUT2D eigenvalue weighted by atomic mass is 16.1. The van der Waals surface area contributed by atoms with Crippen LogP contribution in [0.15, 0.2) is 30.6 Å². The maximum Gasteiger partial charge on any atom is 0.258 e. The molecule has 1 aromatic carbocycles. The normalized spacial score (nSPS) is 15.1. The molecule has 5 heteroatoms. The number of hydrogen-bond acceptors (Lipinski definition) is 4. The van der Waals surface area contributed by atoms with Crippen LogP contribution in [0.4, 0.5) is 11.6 Å². The van der Waals surface area contributed by atoms with Crippen molar-refractivity contribution in [1.82, 2.24) is 9.97 Å². The Hall–Kier alpha value is -2.43. The number of amides is 1. The van der Waals surface area contributed by atoms with Crippen LogP contribution in [0.3, 0.4) is 0 Å². The van der Waals surface area contributed by atoms with Crippen LogP contribution >= 0.6 is 0 Å². The first kappa shape index (κ1) is 16.4. The van der Waals surface area contributed by atoms with Crippen molar-refractivity contribution in [2.24, 2.45) is 0 Å². The molecule has 24 heavy (non-hydrogen) atoms. The van der Waals surface area contributed by atoms with Gasteiger partial charge in [0.05, 0.1) is 5.56 Å². The number of benzene rings is 1. The average molecular weight is 324 g/mol. The fourth-order valence-electron chi connectivity index (χ4n) is 3.03. The van der Waals surface area contributed by atoms with Crippen LogP contribution in [0.25, 0.3) is 0 Å². The molecule has 0 unspecified atom stereocenters. The van der Waals surface area contributed by atoms with Crippen molar-refractivity contribution in [3.63, 3.8) is 0 Å². The Morgan fingerprint density at radius 2 is 1.79 bits per heavy atom. The van der Waals surface area contributed by atoms with Crippen LogP contribution in [-0.4, -0.2) is 21.9 Å². The molecule has 1 heterocycles. The zero-order valence-electron chi connectivity index (χ0n) is 14.3. The van der Waals surface area contributed by atoms with Gasteiger partial charge in [-0.05, 0) is 43.9 Å². The van der Waals surface area contributed by atoms with Gasteiger partial charge in [0.1, 0.15) is 0 Å². The van der Waals surface area contributed by atoms with Crippen molar-refractivity contribution < 1.29 is 4.79 Å². The lowest BCUT2D eigenvalue weighted by molar-refractivity contribution is 0.102. The summed E-state index contributed by atoms with van der Waals surface area (Å²) in [5.74, 6) is 0.415. The van der Waals surface area contributed by atoms with Crippen molar-refractivity contribution in [2.45, 2.75) is 52.0 Å². The topological polar surface area (TPSA) is 66.9 Å². The van der Waals surface area contributed by atoms with Gasteiger partial charge < -0.3 is 10.6 Å². The van der Waals surface area contributed by atoms with E-state index in [4.69, 9.17) is 0 Å². The lowest BCUT2D eigenvalue weighted by Gasteiger charge is -2.22. The van der Waals surface area contributed by atoms with Gasteiger partial charge in [0.15, 0.2) is 0 Å². The molecule has 1 aliphatic carbocycles. The molecule has 1 aliphatic rings. The van der Waals surface area contributed by atoms with Crippen LogP contribution in [0.5, 0.6) is 0 Å². The Morgan fingerprint density at radius 3 is 2.50 bits per heavy atom. The predicted molar refractivity (Wildman–Crippen MR) is 96.4 cm³/mol. The van der Waals surface area contributed by atoms with Crippen LogP contribution in [0.2, 0.25) is 0 Å². The largest absolute Gasteiger partial charge is 0.351 e. The van der Waals surface area contributed by atoms with Crippen molar-refractivity contribution in [2.75, 3.05) is 10.6 Å². The fraction of sp³-hybridized carbons (Fsp3) is 0.421. The quantitative estimate of drug-likeness (QED) is 0.889. The van der Waals surface area contributed by atoms with Gasteiger partial charge in [-0.1, -0.05) is 31.4 Å². The third kappa shape index (κ3) is 3.91. The number of carbonyl (C=O) groups excluding carboxylic acids is 1. The minimum atomic E-state index is -0.187. The van der Waals surface area contributed by atoms with E-state index in [1.54, 1.807) is 12.4 Å². The summed E-state index contributed by atoms with van der Waals surface area (Å²) in [5.41, 5.74) is 3.51. The number of hydrogen-bond donors (Lipinski definition) is 2. The SMILES string of the molecule is Cc1cccc(NC(=O)c2cnc(NC3CCCCC3)nc2)c1C. The number of carbonyl (C=O) groups is 1. The molecule has 3 rings (SSSR count). The van der Waals surface area contributed by atoms with Gasteiger partial charge in [-0.3, -0.25) is 4.79 Å². The molecular weight excluding hydrogens is 300 g/mol. The Morgan fingerprint density at radius 1 is 1.08 bits per heavy atom. The number of rotatable bonds is 4. The molecule has 1 amide bonds. The minimum absolute atomic E-state index is 0.187. The van der Waals surface area contributed by atoms with Crippen LogP contribution in [0, 0.1) is 13.8 Å². The summed E-state index contributed by atoms with van der Waals surface area (Å²) in [6, 6.07) is 6.32. The smallest absolute Gasteiger partial charge is 0.258 e. The molecule has 1 fully saturated rings. The van der Waals surface area contributed by atoms with Gasteiger partial charge in [0.2, 0.25) is 5.95 Å². The highest BCUT2D eigenvalue weighted by Gasteiger charge is 2.15. The highest BCUT2D eigenvalue weighted by molar-refractivity contribution is 6.04. The Labute approximate surface area is 142 Å². The van der Waals surface area contributed by atoms with Crippen molar-refractivity contribution in [1.29, 1.82) is 0 Å². The van der Waals surface area contributed by atoms with Crippen LogP contribution in [0.1, 0.15) is 53.6 Å². The van der Waals surface area contributed by atoms with E-state index in [2.05, 4.69) is 20.6 Å². The molecule has 126 valence electrons. The van der Waals surface area contributed by atoms with Gasteiger partial charge >= 0.3 is 0 Å². The molecular formula is C19H24N4O. The van der Waals surface area contributed by atoms with Crippen molar-refractivity contribution >= 4 is 17.5 Å². The Bertz CT molecular complexity index is 706. The van der Waals surface area contributed by atoms with Gasteiger partial charge in [0, 0.05) is 24.1 Å². The lowest BCUT2D eigenvalue weighted by atomic mass is 9.96. The number of aryl methyl sites for hydroxylation is 1. The van der Waals surface area contributed by atoms with Gasteiger partial charge in [-0.15, -0.1) is 0 Å². The van der Waals surface area contributed by atoms with E-state index in [1.807, 2.05) is 32.0 Å². The maximum atomic E-state index is 12.4. The fourth-order valence-corrected chi connectivity index (χ4v) is 3.03. The van der Waals surface area contributed by atoms with Crippen molar-refractivity contribution in [3.05, 3.63) is 47.3 Å². The summed E-state index contributed by atoms with van der Waals surface area (Å²) in [7, 11) is 0. The summed E-state index contributed by atoms with van der Waals surface area (Å²) in [5, 5.41) is 6.29. The van der Waals surface area contributed by atoms with E-state index in [1.165, 1.54) is 19.3 Å². The number of anilines is 2. The third-order valence-corrected chi connectivity index (χ3v) is 4.71. The number of nitrogens with one attached hydrogen (secondary N) is 2. The molecule has 5 nitrogen and oxygen atoms in total. The monoisotopic (exact) mass is 324 g/mol. The molecule has 2 aromatic rings. The Kier molecular flexibility index (Phi) is 5.08. The molecule has 0 atom stereocenters. The van der Waals surface area contributed by atoms with E-state index in [9.17, 15) is 4.79 Å². The minimum Gasteiger partial charge on any atom is -0.351 e. The van der Waals surface area contributed by atoms with Crippen LogP contribution < -0.4 is 10.6 Å². The molecule has 0 radical (unpaired) electrons. The lowest BCUT2D eigenvalue weighted by Crippen LogP contribution is -2.23. The number of aromatic nitrogens is 2. The molecule has 0 bridgehead atoms. The molecule has 0 saturated heterocycles. The van der Waals surface area contributed by atoms with E-state index in [0.29, 0.717) is 17.6 Å². The molecule has 0 spiro atoms. The van der Waals surface area contributed by atoms with Gasteiger partial charge in [-0.25, -0.2) is 9.97 Å². The average Bonchev–Trinajstić information content (AvgIpc) is 2.60. The van der Waals surface area contributed by atoms with E-state index in [0.717, 1.165) is 29.7 Å².